The Bertz CT molecular complexity index is 279. The van der Waals surface area contributed by atoms with Gasteiger partial charge in [-0.3, -0.25) is 4.79 Å². The zero-order valence-corrected chi connectivity index (χ0v) is 10.1. The van der Waals surface area contributed by atoms with Gasteiger partial charge in [0.2, 0.25) is 0 Å². The van der Waals surface area contributed by atoms with E-state index in [2.05, 4.69) is 13.2 Å². The molecule has 0 N–H and O–H groups in total. The number of hydrogen-bond donors (Lipinski definition) is 0. The largest absolute Gasteiger partial charge is 0.462 e. The zero-order chi connectivity index (χ0) is 12.6. The summed E-state index contributed by atoms with van der Waals surface area (Å²) in [7, 11) is 0. The first kappa shape index (κ1) is 14.6. The molecule has 0 saturated heterocycles. The molecule has 16 heavy (non-hydrogen) atoms. The van der Waals surface area contributed by atoms with Gasteiger partial charge in [0.05, 0.1) is 6.61 Å². The maximum absolute atomic E-state index is 11.2. The summed E-state index contributed by atoms with van der Waals surface area (Å²) < 4.78 is 4.90. The van der Waals surface area contributed by atoms with Crippen molar-refractivity contribution in [2.75, 3.05) is 6.61 Å². The molecule has 3 nitrogen and oxygen atoms in total. The molecular formula is C13H20O3. The molecule has 90 valence electrons. The molecule has 0 rings (SSSR count). The molecule has 0 saturated carbocycles. The fourth-order valence-electron chi connectivity index (χ4n) is 1.19. The van der Waals surface area contributed by atoms with Crippen molar-refractivity contribution in [1.82, 2.24) is 0 Å². The Labute approximate surface area is 97.2 Å². The Morgan fingerprint density at radius 2 is 2.06 bits per heavy atom. The fraction of sp³-hybridized carbons (Fsp3) is 0.538. The Balaban J connectivity index is 3.62. The summed E-state index contributed by atoms with van der Waals surface area (Å²) in [5.74, 6) is -0.0260. The molecule has 0 aromatic heterocycles. The number of carbonyl (C=O) groups is 2. The predicted molar refractivity (Wildman–Crippen MR) is 64.0 cm³/mol. The third kappa shape index (κ3) is 6.98. The quantitative estimate of drug-likeness (QED) is 0.470. The molecule has 0 fully saturated rings. The van der Waals surface area contributed by atoms with Crippen LogP contribution in [-0.2, 0) is 14.3 Å². The van der Waals surface area contributed by atoms with Crippen molar-refractivity contribution >= 4 is 11.8 Å². The van der Waals surface area contributed by atoms with E-state index in [4.69, 9.17) is 4.74 Å². The molecule has 0 radical (unpaired) electrons. The number of allylic oxidation sites excluding steroid dienone is 1. The lowest BCUT2D eigenvalue weighted by molar-refractivity contribution is -0.139. The summed E-state index contributed by atoms with van der Waals surface area (Å²) in [5.41, 5.74) is 0.603. The molecule has 3 heteroatoms. The number of Topliss-reactive ketones (excluding diaryl/α,β-unsaturated/α-hetero) is 1. The molecule has 0 aliphatic rings. The van der Waals surface area contributed by atoms with Crippen molar-refractivity contribution in [3.63, 3.8) is 0 Å². The van der Waals surface area contributed by atoms with E-state index in [1.165, 1.54) is 0 Å². The Hall–Kier alpha value is -1.38. The molecule has 0 heterocycles. The lowest BCUT2D eigenvalue weighted by Crippen LogP contribution is -2.10. The molecule has 0 aliphatic carbocycles. The highest BCUT2D eigenvalue weighted by molar-refractivity contribution is 5.93. The van der Waals surface area contributed by atoms with Gasteiger partial charge in [0.25, 0.3) is 0 Å². The number of ketones is 1. The van der Waals surface area contributed by atoms with E-state index in [1.807, 2.05) is 6.92 Å². The molecule has 0 bridgehead atoms. The SMILES string of the molecule is C=CC(=O)OCC(C)CCCC(=O)C(=C)C. The number of rotatable bonds is 8. The van der Waals surface area contributed by atoms with Crippen LogP contribution in [0, 0.1) is 5.92 Å². The second-order valence-corrected chi connectivity index (χ2v) is 4.04. The molecule has 0 aromatic rings. The van der Waals surface area contributed by atoms with Gasteiger partial charge in [0.15, 0.2) is 5.78 Å². The first-order valence-electron chi connectivity index (χ1n) is 5.45. The second kappa shape index (κ2) is 7.85. The topological polar surface area (TPSA) is 43.4 Å². The summed E-state index contributed by atoms with van der Waals surface area (Å²) in [4.78, 5) is 22.0. The standard InChI is InChI=1S/C13H20O3/c1-5-13(15)16-9-11(4)7-6-8-12(14)10(2)3/h5,11H,1-2,6-9H2,3-4H3. The summed E-state index contributed by atoms with van der Waals surface area (Å²) in [6.07, 6.45) is 3.34. The Morgan fingerprint density at radius 1 is 1.44 bits per heavy atom. The summed E-state index contributed by atoms with van der Waals surface area (Å²) in [6, 6.07) is 0. The van der Waals surface area contributed by atoms with Crippen LogP contribution in [0.3, 0.4) is 0 Å². The van der Waals surface area contributed by atoms with Crippen LogP contribution in [-0.4, -0.2) is 18.4 Å². The summed E-state index contributed by atoms with van der Waals surface area (Å²) in [6.45, 7) is 11.0. The molecule has 0 aliphatic heterocycles. The smallest absolute Gasteiger partial charge is 0.330 e. The number of hydrogen-bond acceptors (Lipinski definition) is 3. The van der Waals surface area contributed by atoms with Crippen LogP contribution < -0.4 is 0 Å². The maximum atomic E-state index is 11.2. The number of carbonyl (C=O) groups excluding carboxylic acids is 2. The highest BCUT2D eigenvalue weighted by Crippen LogP contribution is 2.10. The zero-order valence-electron chi connectivity index (χ0n) is 10.1. The van der Waals surface area contributed by atoms with E-state index < -0.39 is 5.97 Å². The van der Waals surface area contributed by atoms with Gasteiger partial charge in [-0.15, -0.1) is 0 Å². The minimum atomic E-state index is -0.398. The van der Waals surface area contributed by atoms with Gasteiger partial charge < -0.3 is 4.74 Å². The molecule has 0 spiro atoms. The summed E-state index contributed by atoms with van der Waals surface area (Å²) >= 11 is 0. The van der Waals surface area contributed by atoms with Crippen LogP contribution in [0.1, 0.15) is 33.1 Å². The van der Waals surface area contributed by atoms with Crippen LogP contribution >= 0.6 is 0 Å². The monoisotopic (exact) mass is 224 g/mol. The van der Waals surface area contributed by atoms with E-state index in [0.29, 0.717) is 18.6 Å². The number of ether oxygens (including phenoxy) is 1. The van der Waals surface area contributed by atoms with E-state index in [9.17, 15) is 9.59 Å². The molecule has 1 unspecified atom stereocenters. The van der Waals surface area contributed by atoms with Gasteiger partial charge in [0.1, 0.15) is 0 Å². The average molecular weight is 224 g/mol. The second-order valence-electron chi connectivity index (χ2n) is 4.04. The van der Waals surface area contributed by atoms with Crippen LogP contribution in [0.25, 0.3) is 0 Å². The number of esters is 1. The van der Waals surface area contributed by atoms with Crippen molar-refractivity contribution in [2.24, 2.45) is 5.92 Å². The lowest BCUT2D eigenvalue weighted by atomic mass is 10.0. The minimum absolute atomic E-state index is 0.107. The van der Waals surface area contributed by atoms with Crippen molar-refractivity contribution < 1.29 is 14.3 Å². The van der Waals surface area contributed by atoms with E-state index in [-0.39, 0.29) is 11.7 Å². The summed E-state index contributed by atoms with van der Waals surface area (Å²) in [5, 5.41) is 0. The maximum Gasteiger partial charge on any atom is 0.330 e. The van der Waals surface area contributed by atoms with E-state index in [1.54, 1.807) is 6.92 Å². The Morgan fingerprint density at radius 3 is 2.56 bits per heavy atom. The van der Waals surface area contributed by atoms with Gasteiger partial charge in [-0.2, -0.15) is 0 Å². The minimum Gasteiger partial charge on any atom is -0.462 e. The van der Waals surface area contributed by atoms with Crippen LogP contribution in [0.5, 0.6) is 0 Å². The Kier molecular flexibility index (Phi) is 7.18. The van der Waals surface area contributed by atoms with Crippen molar-refractivity contribution in [3.05, 3.63) is 24.8 Å². The van der Waals surface area contributed by atoms with Crippen molar-refractivity contribution in [2.45, 2.75) is 33.1 Å². The molecule has 0 amide bonds. The van der Waals surface area contributed by atoms with Crippen molar-refractivity contribution in [1.29, 1.82) is 0 Å². The normalized spacial score (nSPS) is 11.6. The van der Waals surface area contributed by atoms with Gasteiger partial charge in [-0.05, 0) is 31.3 Å². The third-order valence-electron chi connectivity index (χ3n) is 2.25. The van der Waals surface area contributed by atoms with Crippen LogP contribution in [0.2, 0.25) is 0 Å². The van der Waals surface area contributed by atoms with Gasteiger partial charge in [-0.1, -0.05) is 20.1 Å². The highest BCUT2D eigenvalue weighted by Gasteiger charge is 2.07. The van der Waals surface area contributed by atoms with Gasteiger partial charge in [0, 0.05) is 12.5 Å². The average Bonchev–Trinajstić information content (AvgIpc) is 2.25. The van der Waals surface area contributed by atoms with Crippen LogP contribution in [0.15, 0.2) is 24.8 Å². The first-order chi connectivity index (χ1) is 7.47. The lowest BCUT2D eigenvalue weighted by Gasteiger charge is -2.10. The van der Waals surface area contributed by atoms with Crippen molar-refractivity contribution in [3.8, 4) is 0 Å². The van der Waals surface area contributed by atoms with Gasteiger partial charge >= 0.3 is 5.97 Å². The molecule has 1 atom stereocenters. The predicted octanol–water partition coefficient (Wildman–Crippen LogP) is 2.67. The van der Waals surface area contributed by atoms with E-state index in [0.717, 1.165) is 18.9 Å². The van der Waals surface area contributed by atoms with Crippen LogP contribution in [0.4, 0.5) is 0 Å². The molecular weight excluding hydrogens is 204 g/mol. The molecule has 0 aromatic carbocycles. The van der Waals surface area contributed by atoms with E-state index >= 15 is 0 Å². The highest BCUT2D eigenvalue weighted by atomic mass is 16.5. The first-order valence-corrected chi connectivity index (χ1v) is 5.45. The van der Waals surface area contributed by atoms with Gasteiger partial charge in [-0.25, -0.2) is 4.79 Å². The fourth-order valence-corrected chi connectivity index (χ4v) is 1.19. The third-order valence-corrected chi connectivity index (χ3v) is 2.25.